The number of carbonyl (C=O) groups excluding carboxylic acids is 1. The Kier molecular flexibility index (Phi) is 31.8. The molecule has 0 aliphatic heterocycles. The van der Waals surface area contributed by atoms with Gasteiger partial charge in [-0.15, -0.1) is 0 Å². The van der Waals surface area contributed by atoms with Crippen LogP contribution in [0.2, 0.25) is 25.1 Å². The van der Waals surface area contributed by atoms with Crippen LogP contribution in [0.1, 0.15) is 55.6 Å². The van der Waals surface area contributed by atoms with Gasteiger partial charge in [0.25, 0.3) is 0 Å². The smallest absolute Gasteiger partial charge is 0.417 e. The number of para-hydroxylation sites is 1. The van der Waals surface area contributed by atoms with Gasteiger partial charge >= 0.3 is 26.3 Å². The number of amides is 1. The van der Waals surface area contributed by atoms with E-state index in [-0.39, 0.29) is 28.0 Å². The average Bonchev–Trinajstić information content (AvgIpc) is 0.840. The van der Waals surface area contributed by atoms with E-state index < -0.39 is 26.3 Å². The maximum absolute atomic E-state index is 13.5. The fourth-order valence-electron chi connectivity index (χ4n) is 8.49. The van der Waals surface area contributed by atoms with Crippen LogP contribution in [0.25, 0.3) is 0 Å². The van der Waals surface area contributed by atoms with Gasteiger partial charge in [0.05, 0.1) is 15.1 Å². The molecule has 532 valence electrons. The van der Waals surface area contributed by atoms with Crippen molar-refractivity contribution in [1.82, 2.24) is 0 Å². The van der Waals surface area contributed by atoms with Crippen molar-refractivity contribution in [3.63, 3.8) is 0 Å². The number of benzene rings is 12. The molecular formula is C83H75Cl5FNO11S2. The molecule has 0 saturated carbocycles. The Labute approximate surface area is 628 Å². The molecule has 0 radical (unpaired) electrons. The molecule has 12 rings (SSSR count). The van der Waals surface area contributed by atoms with Gasteiger partial charge in [0.2, 0.25) is 0 Å². The van der Waals surface area contributed by atoms with Gasteiger partial charge < -0.3 is 27.3 Å². The summed E-state index contributed by atoms with van der Waals surface area (Å²) in [4.78, 5) is 11.8. The van der Waals surface area contributed by atoms with E-state index in [1.165, 1.54) is 41.5 Å². The molecule has 103 heavy (non-hydrogen) atoms. The number of carbonyl (C=O) groups is 1. The third-order valence-electron chi connectivity index (χ3n) is 14.3. The molecule has 12 aromatic rings. The van der Waals surface area contributed by atoms with Gasteiger partial charge in [0.1, 0.15) is 69.9 Å². The highest BCUT2D eigenvalue weighted by Gasteiger charge is 2.18. The summed E-state index contributed by atoms with van der Waals surface area (Å²) in [5.74, 6) is 3.24. The predicted octanol–water partition coefficient (Wildman–Crippen LogP) is 23.6. The van der Waals surface area contributed by atoms with Crippen LogP contribution in [0.4, 0.5) is 14.9 Å². The fraction of sp³-hybridized carbons (Fsp3) is 0.120. The predicted molar refractivity (Wildman–Crippen MR) is 414 cm³/mol. The molecule has 0 bridgehead atoms. The molecule has 20 heteroatoms. The summed E-state index contributed by atoms with van der Waals surface area (Å²) in [6.07, 6.45) is -0.486. The van der Waals surface area contributed by atoms with Crippen LogP contribution in [-0.2, 0) is 40.1 Å². The summed E-state index contributed by atoms with van der Waals surface area (Å²) in [5, 5.41) is 5.37. The zero-order valence-electron chi connectivity index (χ0n) is 57.3. The van der Waals surface area contributed by atoms with E-state index >= 15 is 0 Å². The van der Waals surface area contributed by atoms with E-state index in [1.54, 1.807) is 115 Å². The number of rotatable bonds is 17. The Morgan fingerprint density at radius 1 is 0.340 bits per heavy atom. The van der Waals surface area contributed by atoms with Crippen LogP contribution in [0.3, 0.4) is 0 Å². The Hall–Kier alpha value is -9.81. The van der Waals surface area contributed by atoms with E-state index in [1.807, 2.05) is 181 Å². The number of anilines is 1. The highest BCUT2D eigenvalue weighted by Crippen LogP contribution is 2.27. The largest absolute Gasteiger partial charge is 0.489 e. The van der Waals surface area contributed by atoms with Crippen molar-refractivity contribution in [2.45, 2.75) is 78.1 Å². The first-order valence-corrected chi connectivity index (χ1v) is 36.6. The lowest BCUT2D eigenvalue weighted by molar-refractivity contribution is 0.215. The number of nitrogens with one attached hydrogen (secondary N) is 1. The standard InChI is InChI=1S/C14H12Cl2O.C14H12ClFO.C14H13ClO.C14H13NO2.C14H14O3S.C13H11ClO3S/c1-10-2-5-12(6-3-10)17-9-11-4-7-13(15)14(16)8-11;1-10-5-7-11(8-6-10)17-9-12-13(15)3-2-4-14(12)16;1-11-2-8-14(9-3-11)16-10-12-4-6-13(15)7-5-12;1-11-7-9-13(10-8-11)17-14(16)15-12-5-3-2-4-6-12;1-11-3-7-13(8-4-11)17-18(15,16)14-9-5-12(2)6-10-14;1-10-2-6-12(7-3-10)17-18(15,16)13-8-4-11(14)5-9-13/h2*2-8H,9H2,1H3;2-9H,10H2,1H3;2-10H,1H3,(H,15,16);3-10H,1-2H3;2-9H,1H3. The normalized spacial score (nSPS) is 10.5. The molecule has 12 aromatic carbocycles. The van der Waals surface area contributed by atoms with Crippen LogP contribution in [0.15, 0.2) is 295 Å². The van der Waals surface area contributed by atoms with Gasteiger partial charge in [-0.05, 0) is 217 Å². The van der Waals surface area contributed by atoms with Crippen LogP contribution in [0.5, 0.6) is 34.5 Å². The quantitative estimate of drug-likeness (QED) is 0.0867. The van der Waals surface area contributed by atoms with Crippen molar-refractivity contribution in [1.29, 1.82) is 0 Å². The molecule has 1 N–H and O–H groups in total. The van der Waals surface area contributed by atoms with E-state index in [0.29, 0.717) is 61.8 Å². The first-order valence-electron chi connectivity index (χ1n) is 31.9. The van der Waals surface area contributed by atoms with E-state index in [4.69, 9.17) is 85.3 Å². The monoisotopic (exact) mass is 1520 g/mol. The SMILES string of the molecule is Cc1ccc(OC(=O)Nc2ccccc2)cc1.Cc1ccc(OCc2c(F)cccc2Cl)cc1.Cc1ccc(OCc2ccc(Cl)c(Cl)c2)cc1.Cc1ccc(OCc2ccc(Cl)cc2)cc1.Cc1ccc(OS(=O)(=O)c2ccc(C)cc2)cc1.Cc1ccc(OS(=O)(=O)c2ccc(Cl)cc2)cc1. The minimum atomic E-state index is -3.80. The summed E-state index contributed by atoms with van der Waals surface area (Å²) >= 11 is 29.2. The summed E-state index contributed by atoms with van der Waals surface area (Å²) in [6.45, 7) is 15.0. The van der Waals surface area contributed by atoms with Gasteiger partial charge in [0, 0.05) is 21.3 Å². The summed E-state index contributed by atoms with van der Waals surface area (Å²) in [6, 6.07) is 83.9. The van der Waals surface area contributed by atoms with Gasteiger partial charge in [-0.3, -0.25) is 5.32 Å². The summed E-state index contributed by atoms with van der Waals surface area (Å²) in [7, 11) is -7.54. The number of aryl methyl sites for hydroxylation is 7. The molecule has 0 atom stereocenters. The van der Waals surface area contributed by atoms with Crippen molar-refractivity contribution < 1.29 is 53.3 Å². The van der Waals surface area contributed by atoms with Crippen LogP contribution < -0.4 is 32.6 Å². The highest BCUT2D eigenvalue weighted by molar-refractivity contribution is 7.87. The second kappa shape index (κ2) is 40.7. The topological polar surface area (TPSA) is 153 Å². The number of hydrogen-bond acceptors (Lipinski definition) is 11. The third-order valence-corrected chi connectivity index (χ3v) is 18.5. The van der Waals surface area contributed by atoms with Crippen LogP contribution in [0, 0.1) is 54.3 Å². The van der Waals surface area contributed by atoms with Crippen molar-refractivity contribution in [3.8, 4) is 34.5 Å². The minimum absolute atomic E-state index is 0.0764. The molecule has 0 aromatic heterocycles. The zero-order valence-corrected chi connectivity index (χ0v) is 62.7. The van der Waals surface area contributed by atoms with E-state index in [0.717, 1.165) is 55.5 Å². The minimum Gasteiger partial charge on any atom is -0.489 e. The number of ether oxygens (including phenoxy) is 4. The summed E-state index contributed by atoms with van der Waals surface area (Å²) in [5.41, 5.74) is 11.0. The van der Waals surface area contributed by atoms with Gasteiger partial charge in [-0.25, -0.2) is 9.18 Å². The van der Waals surface area contributed by atoms with Crippen LogP contribution >= 0.6 is 58.0 Å². The molecule has 12 nitrogen and oxygen atoms in total. The average molecular weight is 1520 g/mol. The lowest BCUT2D eigenvalue weighted by atomic mass is 10.2. The lowest BCUT2D eigenvalue weighted by Crippen LogP contribution is -2.16. The Morgan fingerprint density at radius 2 is 0.680 bits per heavy atom. The maximum Gasteiger partial charge on any atom is 0.417 e. The lowest BCUT2D eigenvalue weighted by Gasteiger charge is -2.08. The molecule has 0 aliphatic carbocycles. The number of halogens is 6. The van der Waals surface area contributed by atoms with E-state index in [2.05, 4.69) is 12.2 Å². The molecule has 0 fully saturated rings. The second-order valence-corrected chi connectivity index (χ2v) is 28.2. The van der Waals surface area contributed by atoms with Crippen LogP contribution in [-0.4, -0.2) is 22.9 Å². The zero-order chi connectivity index (χ0) is 74.3. The first-order chi connectivity index (χ1) is 49.2. The molecule has 1 amide bonds. The van der Waals surface area contributed by atoms with Gasteiger partial charge in [-0.1, -0.05) is 224 Å². The Balaban J connectivity index is 0.000000173. The molecule has 0 spiro atoms. The van der Waals surface area contributed by atoms with Gasteiger partial charge in [-0.2, -0.15) is 16.8 Å². The fourth-order valence-corrected chi connectivity index (χ4v) is 11.1. The van der Waals surface area contributed by atoms with Crippen molar-refractivity contribution in [3.05, 3.63) is 372 Å². The van der Waals surface area contributed by atoms with Crippen molar-refractivity contribution in [2.75, 3.05) is 5.32 Å². The molecule has 0 aliphatic rings. The molecule has 0 heterocycles. The van der Waals surface area contributed by atoms with Crippen molar-refractivity contribution in [2.24, 2.45) is 0 Å². The third kappa shape index (κ3) is 29.2. The first kappa shape index (κ1) is 80.5. The molecule has 0 unspecified atom stereocenters. The Bertz CT molecular complexity index is 4630. The van der Waals surface area contributed by atoms with E-state index in [9.17, 15) is 26.0 Å². The van der Waals surface area contributed by atoms with Gasteiger partial charge in [0.15, 0.2) is 0 Å². The maximum atomic E-state index is 13.5. The molecule has 0 saturated heterocycles. The van der Waals surface area contributed by atoms with Crippen molar-refractivity contribution >= 4 is 90.0 Å². The second-order valence-electron chi connectivity index (χ2n) is 23.0. The molecular weight excluding hydrogens is 1450 g/mol. The Morgan fingerprint density at radius 3 is 1.08 bits per heavy atom. The number of hydrogen-bond donors (Lipinski definition) is 1. The highest BCUT2D eigenvalue weighted by atomic mass is 35.5. The summed E-state index contributed by atoms with van der Waals surface area (Å²) < 4.78 is 93.2.